The number of halogens is 2. The average molecular weight is 340 g/mol. The molecule has 21 heavy (non-hydrogen) atoms. The molecule has 3 aromatic rings. The quantitative estimate of drug-likeness (QED) is 0.695. The van der Waals surface area contributed by atoms with E-state index in [0.717, 1.165) is 22.0 Å². The Morgan fingerprint density at radius 2 is 2.14 bits per heavy atom. The molecule has 0 saturated heterocycles. The predicted molar refractivity (Wildman–Crippen MR) is 86.4 cm³/mol. The maximum Gasteiger partial charge on any atom is 0.225 e. The molecule has 1 aromatic carbocycles. The van der Waals surface area contributed by atoms with Crippen LogP contribution in [0.15, 0.2) is 34.4 Å². The maximum atomic E-state index is 6.21. The normalized spacial score (nSPS) is 11.0. The number of nitrogens with zero attached hydrogens (tertiary/aromatic N) is 3. The Morgan fingerprint density at radius 3 is 2.95 bits per heavy atom. The van der Waals surface area contributed by atoms with Crippen molar-refractivity contribution in [2.75, 3.05) is 11.9 Å². The van der Waals surface area contributed by atoms with Gasteiger partial charge in [-0.05, 0) is 25.1 Å². The third-order valence-corrected chi connectivity index (χ3v) is 4.41. The third-order valence-electron chi connectivity index (χ3n) is 2.69. The van der Waals surface area contributed by atoms with Crippen LogP contribution in [0.5, 0.6) is 0 Å². The summed E-state index contributed by atoms with van der Waals surface area (Å²) in [6, 6.07) is 5.33. The zero-order chi connectivity index (χ0) is 14.8. The number of fused-ring (bicyclic) bond motifs is 1. The lowest BCUT2D eigenvalue weighted by atomic mass is 10.4. The predicted octanol–water partition coefficient (Wildman–Crippen LogP) is 4.24. The van der Waals surface area contributed by atoms with Gasteiger partial charge in [0.15, 0.2) is 5.65 Å². The summed E-state index contributed by atoms with van der Waals surface area (Å²) in [4.78, 5) is 16.9. The van der Waals surface area contributed by atoms with Crippen LogP contribution >= 0.6 is 35.0 Å². The van der Waals surface area contributed by atoms with Crippen molar-refractivity contribution in [3.8, 4) is 0 Å². The fraction of sp³-hybridized carbons (Fsp3) is 0.154. The number of benzene rings is 1. The van der Waals surface area contributed by atoms with Crippen molar-refractivity contribution >= 4 is 52.1 Å². The minimum Gasteiger partial charge on any atom is -0.354 e. The van der Waals surface area contributed by atoms with Crippen LogP contribution in [0.1, 0.15) is 6.92 Å². The monoisotopic (exact) mass is 339 g/mol. The fourth-order valence-electron chi connectivity index (χ4n) is 1.78. The molecule has 108 valence electrons. The molecular weight excluding hydrogens is 329 g/mol. The molecule has 0 aliphatic heterocycles. The van der Waals surface area contributed by atoms with E-state index in [9.17, 15) is 0 Å². The molecule has 0 amide bonds. The van der Waals surface area contributed by atoms with E-state index in [1.165, 1.54) is 11.8 Å². The van der Waals surface area contributed by atoms with Crippen molar-refractivity contribution in [2.24, 2.45) is 0 Å². The van der Waals surface area contributed by atoms with Crippen molar-refractivity contribution in [1.29, 1.82) is 0 Å². The van der Waals surface area contributed by atoms with Crippen molar-refractivity contribution < 1.29 is 0 Å². The molecule has 2 aromatic heterocycles. The number of anilines is 1. The molecular formula is C13H11Cl2N5S. The Bertz CT molecular complexity index is 789. The van der Waals surface area contributed by atoms with Gasteiger partial charge in [0.1, 0.15) is 10.5 Å². The van der Waals surface area contributed by atoms with Gasteiger partial charge in [-0.1, -0.05) is 35.0 Å². The van der Waals surface area contributed by atoms with Gasteiger partial charge in [-0.25, -0.2) is 9.97 Å². The van der Waals surface area contributed by atoms with E-state index < -0.39 is 0 Å². The van der Waals surface area contributed by atoms with Crippen LogP contribution in [0, 0.1) is 0 Å². The molecule has 8 heteroatoms. The molecule has 0 unspecified atom stereocenters. The molecule has 3 rings (SSSR count). The summed E-state index contributed by atoms with van der Waals surface area (Å²) in [5, 5.41) is 5.09. The zero-order valence-electron chi connectivity index (χ0n) is 11.0. The topological polar surface area (TPSA) is 66.5 Å². The van der Waals surface area contributed by atoms with Crippen LogP contribution in [0.3, 0.4) is 0 Å². The summed E-state index contributed by atoms with van der Waals surface area (Å²) in [5.74, 6) is 0.540. The largest absolute Gasteiger partial charge is 0.354 e. The molecule has 0 bridgehead atoms. The number of H-pyrrole nitrogens is 1. The Kier molecular flexibility index (Phi) is 4.19. The first-order valence-corrected chi connectivity index (χ1v) is 7.82. The van der Waals surface area contributed by atoms with E-state index >= 15 is 0 Å². The van der Waals surface area contributed by atoms with E-state index in [-0.39, 0.29) is 0 Å². The molecule has 5 nitrogen and oxygen atoms in total. The van der Waals surface area contributed by atoms with E-state index in [0.29, 0.717) is 21.6 Å². The minimum absolute atomic E-state index is 0.540. The van der Waals surface area contributed by atoms with Crippen molar-refractivity contribution in [3.63, 3.8) is 0 Å². The molecule has 0 atom stereocenters. The molecule has 0 aliphatic carbocycles. The molecule has 0 spiro atoms. The van der Waals surface area contributed by atoms with Gasteiger partial charge in [-0.2, -0.15) is 4.98 Å². The van der Waals surface area contributed by atoms with Gasteiger partial charge in [-0.15, -0.1) is 0 Å². The van der Waals surface area contributed by atoms with Crippen LogP contribution in [-0.4, -0.2) is 26.5 Å². The van der Waals surface area contributed by atoms with Gasteiger partial charge >= 0.3 is 0 Å². The highest BCUT2D eigenvalue weighted by atomic mass is 35.5. The number of hydrogen-bond donors (Lipinski definition) is 2. The maximum absolute atomic E-state index is 6.21. The zero-order valence-corrected chi connectivity index (χ0v) is 13.4. The fourth-order valence-corrected chi connectivity index (χ4v) is 3.19. The van der Waals surface area contributed by atoms with Gasteiger partial charge < -0.3 is 10.3 Å². The molecule has 2 heterocycles. The van der Waals surface area contributed by atoms with Gasteiger partial charge in [-0.3, -0.25) is 0 Å². The van der Waals surface area contributed by atoms with Crippen molar-refractivity contribution in [1.82, 2.24) is 19.9 Å². The lowest BCUT2D eigenvalue weighted by Gasteiger charge is -2.07. The second kappa shape index (κ2) is 6.09. The smallest absolute Gasteiger partial charge is 0.225 e. The second-order valence-electron chi connectivity index (χ2n) is 4.16. The molecule has 0 radical (unpaired) electrons. The first-order chi connectivity index (χ1) is 10.2. The van der Waals surface area contributed by atoms with Crippen LogP contribution in [-0.2, 0) is 0 Å². The number of aromatic amines is 1. The summed E-state index contributed by atoms with van der Waals surface area (Å²) in [6.07, 6.45) is 1.60. The van der Waals surface area contributed by atoms with Gasteiger partial charge in [0.25, 0.3) is 0 Å². The summed E-state index contributed by atoms with van der Waals surface area (Å²) in [6.45, 7) is 2.72. The second-order valence-corrected chi connectivity index (χ2v) is 6.03. The van der Waals surface area contributed by atoms with E-state index in [1.54, 1.807) is 18.5 Å². The van der Waals surface area contributed by atoms with Gasteiger partial charge in [0.05, 0.1) is 11.3 Å². The summed E-state index contributed by atoms with van der Waals surface area (Å²) in [7, 11) is 0. The van der Waals surface area contributed by atoms with Gasteiger partial charge in [0, 0.05) is 16.5 Å². The number of nitrogens with one attached hydrogen (secondary N) is 2. The Morgan fingerprint density at radius 1 is 1.29 bits per heavy atom. The lowest BCUT2D eigenvalue weighted by molar-refractivity contribution is 1.04. The summed E-state index contributed by atoms with van der Waals surface area (Å²) >= 11 is 13.7. The lowest BCUT2D eigenvalue weighted by Crippen LogP contribution is -2.03. The van der Waals surface area contributed by atoms with Crippen molar-refractivity contribution in [2.45, 2.75) is 16.8 Å². The highest BCUT2D eigenvalue weighted by Gasteiger charge is 2.13. The average Bonchev–Trinajstić information content (AvgIpc) is 2.92. The number of aromatic nitrogens is 4. The van der Waals surface area contributed by atoms with E-state index in [1.807, 2.05) is 13.0 Å². The Hall–Kier alpha value is -1.50. The SMILES string of the molecule is CCNc1nc(Sc2cc(Cl)ccc2Cl)c2[nH]cnc2n1. The first kappa shape index (κ1) is 14.4. The van der Waals surface area contributed by atoms with E-state index in [4.69, 9.17) is 23.2 Å². The summed E-state index contributed by atoms with van der Waals surface area (Å²) in [5.41, 5.74) is 1.39. The highest BCUT2D eigenvalue weighted by molar-refractivity contribution is 7.99. The number of hydrogen-bond acceptors (Lipinski definition) is 5. The highest BCUT2D eigenvalue weighted by Crippen LogP contribution is 2.36. The van der Waals surface area contributed by atoms with Crippen LogP contribution < -0.4 is 5.32 Å². The molecule has 2 N–H and O–H groups in total. The molecule has 0 saturated carbocycles. The Balaban J connectivity index is 2.06. The van der Waals surface area contributed by atoms with Crippen LogP contribution in [0.25, 0.3) is 11.2 Å². The van der Waals surface area contributed by atoms with Crippen molar-refractivity contribution in [3.05, 3.63) is 34.6 Å². The van der Waals surface area contributed by atoms with Gasteiger partial charge in [0.2, 0.25) is 5.95 Å². The number of imidazole rings is 1. The van der Waals surface area contributed by atoms with E-state index in [2.05, 4.69) is 25.3 Å². The Labute approximate surface area is 135 Å². The standard InChI is InChI=1S/C13H11Cl2N5S/c1-2-16-13-19-11-10(17-6-18-11)12(20-13)21-9-5-7(14)3-4-8(9)15/h3-6H,2H2,1H3,(H2,16,17,18,19,20). The van der Waals surface area contributed by atoms with Crippen LogP contribution in [0.2, 0.25) is 10.0 Å². The third kappa shape index (κ3) is 3.07. The summed E-state index contributed by atoms with van der Waals surface area (Å²) < 4.78 is 0. The molecule has 0 fully saturated rings. The molecule has 0 aliphatic rings. The number of rotatable bonds is 4. The minimum atomic E-state index is 0.540. The van der Waals surface area contributed by atoms with Crippen LogP contribution in [0.4, 0.5) is 5.95 Å². The first-order valence-electron chi connectivity index (χ1n) is 6.25.